The fourth-order valence-electron chi connectivity index (χ4n) is 2.81. The van der Waals surface area contributed by atoms with Crippen LogP contribution in [0, 0.1) is 23.6 Å². The zero-order valence-electron chi connectivity index (χ0n) is 11.3. The van der Waals surface area contributed by atoms with Crippen LogP contribution in [0.4, 0.5) is 4.39 Å². The van der Waals surface area contributed by atoms with Crippen LogP contribution in [0.2, 0.25) is 0 Å². The van der Waals surface area contributed by atoms with Crippen molar-refractivity contribution in [3.63, 3.8) is 0 Å². The molecule has 1 amide bonds. The minimum absolute atomic E-state index is 0.0860. The highest BCUT2D eigenvalue weighted by molar-refractivity contribution is 5.85. The average Bonchev–Trinajstić information content (AvgIpc) is 2.80. The molecule has 1 unspecified atom stereocenters. The first-order valence-corrected chi connectivity index (χ1v) is 6.73. The second-order valence-corrected chi connectivity index (χ2v) is 5.44. The molecule has 2 rings (SSSR count). The molecule has 20 heavy (non-hydrogen) atoms. The Bertz CT molecular complexity index is 518. The minimum atomic E-state index is -0.930. The van der Waals surface area contributed by atoms with E-state index in [1.54, 1.807) is 18.2 Å². The first-order chi connectivity index (χ1) is 9.49. The van der Waals surface area contributed by atoms with Crippen LogP contribution in [0.5, 0.6) is 0 Å². The quantitative estimate of drug-likeness (QED) is 0.887. The number of halogens is 1. The van der Waals surface area contributed by atoms with Crippen LogP contribution in [-0.4, -0.2) is 17.0 Å². The van der Waals surface area contributed by atoms with Crippen molar-refractivity contribution >= 4 is 11.9 Å². The van der Waals surface area contributed by atoms with E-state index in [0.29, 0.717) is 18.4 Å². The van der Waals surface area contributed by atoms with Crippen LogP contribution in [0.3, 0.4) is 0 Å². The summed E-state index contributed by atoms with van der Waals surface area (Å²) in [6.07, 6.45) is 1.09. The molecule has 3 atom stereocenters. The van der Waals surface area contributed by atoms with E-state index in [-0.39, 0.29) is 24.2 Å². The predicted molar refractivity (Wildman–Crippen MR) is 71.3 cm³/mol. The van der Waals surface area contributed by atoms with Crippen molar-refractivity contribution in [2.75, 3.05) is 0 Å². The van der Waals surface area contributed by atoms with Crippen molar-refractivity contribution in [3.05, 3.63) is 35.6 Å². The van der Waals surface area contributed by atoms with Gasteiger partial charge in [-0.05, 0) is 24.8 Å². The van der Waals surface area contributed by atoms with E-state index in [2.05, 4.69) is 5.32 Å². The summed E-state index contributed by atoms with van der Waals surface area (Å²) in [6, 6.07) is 6.21. The Morgan fingerprint density at radius 3 is 2.60 bits per heavy atom. The number of carboxylic acids is 1. The van der Waals surface area contributed by atoms with E-state index in [9.17, 15) is 14.0 Å². The maximum atomic E-state index is 13.4. The lowest BCUT2D eigenvalue weighted by Gasteiger charge is -2.15. The lowest BCUT2D eigenvalue weighted by atomic mass is 9.95. The Morgan fingerprint density at radius 1 is 1.30 bits per heavy atom. The predicted octanol–water partition coefficient (Wildman–Crippen LogP) is 2.19. The number of benzene rings is 1. The molecule has 1 aromatic rings. The third-order valence-electron chi connectivity index (χ3n) is 3.86. The lowest BCUT2D eigenvalue weighted by Crippen LogP contribution is -2.35. The van der Waals surface area contributed by atoms with Gasteiger partial charge < -0.3 is 10.4 Å². The standard InChI is InChI=1S/C15H18FNO3/c1-9-6-11(12(7-9)15(19)20)14(18)17-8-10-4-2-3-5-13(10)16/h2-5,9,11-12H,6-8H2,1H3,(H,17,18)(H,19,20)/t9?,11-,12+/m0/s1. The van der Waals surface area contributed by atoms with Gasteiger partial charge in [-0.3, -0.25) is 9.59 Å². The van der Waals surface area contributed by atoms with Gasteiger partial charge in [0, 0.05) is 12.1 Å². The molecule has 1 aliphatic carbocycles. The van der Waals surface area contributed by atoms with Gasteiger partial charge in [-0.1, -0.05) is 25.1 Å². The molecule has 2 N–H and O–H groups in total. The summed E-state index contributed by atoms with van der Waals surface area (Å²) in [5.41, 5.74) is 0.402. The molecular weight excluding hydrogens is 261 g/mol. The first kappa shape index (κ1) is 14.5. The largest absolute Gasteiger partial charge is 0.481 e. The maximum Gasteiger partial charge on any atom is 0.307 e. The highest BCUT2D eigenvalue weighted by atomic mass is 19.1. The minimum Gasteiger partial charge on any atom is -0.481 e. The molecular formula is C15H18FNO3. The number of rotatable bonds is 4. The Balaban J connectivity index is 1.98. The number of carbonyl (C=O) groups excluding carboxylic acids is 1. The molecule has 1 aliphatic rings. The monoisotopic (exact) mass is 279 g/mol. The van der Waals surface area contributed by atoms with Gasteiger partial charge in [0.05, 0.1) is 11.8 Å². The molecule has 0 spiro atoms. The van der Waals surface area contributed by atoms with Crippen molar-refractivity contribution in [1.29, 1.82) is 0 Å². The molecule has 0 aliphatic heterocycles. The number of carbonyl (C=O) groups is 2. The van der Waals surface area contributed by atoms with Crippen LogP contribution in [-0.2, 0) is 16.1 Å². The van der Waals surface area contributed by atoms with Crippen LogP contribution in [0.15, 0.2) is 24.3 Å². The summed E-state index contributed by atoms with van der Waals surface area (Å²) in [5.74, 6) is -2.53. The van der Waals surface area contributed by atoms with E-state index in [4.69, 9.17) is 5.11 Å². The molecule has 0 aromatic heterocycles. The molecule has 1 aromatic carbocycles. The Kier molecular flexibility index (Phi) is 4.37. The molecule has 0 bridgehead atoms. The van der Waals surface area contributed by atoms with Crippen molar-refractivity contribution in [1.82, 2.24) is 5.32 Å². The Labute approximate surface area is 117 Å². The van der Waals surface area contributed by atoms with Gasteiger partial charge in [-0.15, -0.1) is 0 Å². The van der Waals surface area contributed by atoms with Gasteiger partial charge >= 0.3 is 5.97 Å². The van der Waals surface area contributed by atoms with E-state index >= 15 is 0 Å². The van der Waals surface area contributed by atoms with Gasteiger partial charge in [0.2, 0.25) is 5.91 Å². The van der Waals surface area contributed by atoms with Crippen molar-refractivity contribution in [3.8, 4) is 0 Å². The summed E-state index contributed by atoms with van der Waals surface area (Å²) >= 11 is 0. The Morgan fingerprint density at radius 2 is 1.95 bits per heavy atom. The lowest BCUT2D eigenvalue weighted by molar-refractivity contribution is -0.146. The van der Waals surface area contributed by atoms with Gasteiger partial charge in [0.1, 0.15) is 5.82 Å². The number of amides is 1. The zero-order chi connectivity index (χ0) is 14.7. The van der Waals surface area contributed by atoms with Crippen LogP contribution in [0.1, 0.15) is 25.3 Å². The molecule has 0 heterocycles. The third-order valence-corrected chi connectivity index (χ3v) is 3.86. The highest BCUT2D eigenvalue weighted by Gasteiger charge is 2.41. The second-order valence-electron chi connectivity index (χ2n) is 5.44. The number of carboxylic acid groups (broad SMARTS) is 1. The van der Waals surface area contributed by atoms with E-state index in [0.717, 1.165) is 0 Å². The van der Waals surface area contributed by atoms with E-state index in [1.807, 2.05) is 6.92 Å². The van der Waals surface area contributed by atoms with Crippen molar-refractivity contribution in [2.45, 2.75) is 26.3 Å². The van der Waals surface area contributed by atoms with E-state index < -0.39 is 17.8 Å². The summed E-state index contributed by atoms with van der Waals surface area (Å²) in [6.45, 7) is 2.03. The zero-order valence-corrected chi connectivity index (χ0v) is 11.3. The number of hydrogen-bond acceptors (Lipinski definition) is 2. The topological polar surface area (TPSA) is 66.4 Å². The van der Waals surface area contributed by atoms with Crippen LogP contribution in [0.25, 0.3) is 0 Å². The number of nitrogens with one attached hydrogen (secondary N) is 1. The smallest absolute Gasteiger partial charge is 0.307 e. The van der Waals surface area contributed by atoms with Crippen molar-refractivity contribution < 1.29 is 19.1 Å². The van der Waals surface area contributed by atoms with Crippen LogP contribution < -0.4 is 5.32 Å². The maximum absolute atomic E-state index is 13.4. The second kappa shape index (κ2) is 6.03. The molecule has 0 saturated heterocycles. The van der Waals surface area contributed by atoms with Gasteiger partial charge in [0.15, 0.2) is 0 Å². The first-order valence-electron chi connectivity index (χ1n) is 6.73. The fraction of sp³-hybridized carbons (Fsp3) is 0.467. The Hall–Kier alpha value is -1.91. The number of aliphatic carboxylic acids is 1. The van der Waals surface area contributed by atoms with Crippen molar-refractivity contribution in [2.24, 2.45) is 17.8 Å². The van der Waals surface area contributed by atoms with Crippen LogP contribution >= 0.6 is 0 Å². The normalized spacial score (nSPS) is 25.4. The highest BCUT2D eigenvalue weighted by Crippen LogP contribution is 2.36. The van der Waals surface area contributed by atoms with Gasteiger partial charge in [0.25, 0.3) is 0 Å². The van der Waals surface area contributed by atoms with Gasteiger partial charge in [-0.2, -0.15) is 0 Å². The molecule has 4 nitrogen and oxygen atoms in total. The molecule has 1 fully saturated rings. The summed E-state index contributed by atoms with van der Waals surface area (Å²) in [5, 5.41) is 11.8. The SMILES string of the molecule is CC1C[C@H](C(=O)NCc2ccccc2F)[C@H](C(=O)O)C1. The fourth-order valence-corrected chi connectivity index (χ4v) is 2.81. The molecule has 5 heteroatoms. The third kappa shape index (κ3) is 3.15. The molecule has 0 radical (unpaired) electrons. The molecule has 108 valence electrons. The van der Waals surface area contributed by atoms with E-state index in [1.165, 1.54) is 6.07 Å². The molecule has 1 saturated carbocycles. The van der Waals surface area contributed by atoms with Gasteiger partial charge in [-0.25, -0.2) is 4.39 Å². The average molecular weight is 279 g/mol. The summed E-state index contributed by atoms with van der Waals surface area (Å²) in [4.78, 5) is 23.2. The number of hydrogen-bond donors (Lipinski definition) is 2. The summed E-state index contributed by atoms with van der Waals surface area (Å²) < 4.78 is 13.4. The summed E-state index contributed by atoms with van der Waals surface area (Å²) in [7, 11) is 0.